The molecular weight excluding hydrogens is 260 g/mol. The number of aryl methyl sites for hydroxylation is 2. The maximum atomic E-state index is 6.08. The topological polar surface area (TPSA) is 38.9 Å². The Morgan fingerprint density at radius 3 is 2.67 bits per heavy atom. The van der Waals surface area contributed by atoms with Crippen LogP contribution in [0.1, 0.15) is 11.3 Å². The van der Waals surface area contributed by atoms with E-state index in [1.54, 1.807) is 0 Å². The largest absolute Gasteiger partial charge is 0.455 e. The van der Waals surface area contributed by atoms with Gasteiger partial charge < -0.3 is 4.42 Å². The summed E-state index contributed by atoms with van der Waals surface area (Å²) in [6.07, 6.45) is 3.71. The lowest BCUT2D eigenvalue weighted by atomic mass is 10.1. The third kappa shape index (κ3) is 1.82. The van der Waals surface area contributed by atoms with Gasteiger partial charge in [0, 0.05) is 23.2 Å². The molecule has 0 atom stereocenters. The first-order chi connectivity index (χ1) is 10.2. The van der Waals surface area contributed by atoms with Gasteiger partial charge in [0.15, 0.2) is 0 Å². The molecule has 0 aliphatic heterocycles. The monoisotopic (exact) mass is 274 g/mol. The molecule has 21 heavy (non-hydrogen) atoms. The first-order valence-electron chi connectivity index (χ1n) is 6.94. The number of furan rings is 1. The van der Waals surface area contributed by atoms with Gasteiger partial charge in [-0.05, 0) is 37.6 Å². The predicted molar refractivity (Wildman–Crippen MR) is 84.2 cm³/mol. The molecule has 0 spiro atoms. The van der Waals surface area contributed by atoms with Gasteiger partial charge in [-0.2, -0.15) is 0 Å². The fourth-order valence-corrected chi connectivity index (χ4v) is 2.74. The number of rotatable bonds is 1. The molecule has 3 heteroatoms. The first-order valence-corrected chi connectivity index (χ1v) is 6.94. The van der Waals surface area contributed by atoms with Crippen LogP contribution in [0.5, 0.6) is 0 Å². The molecule has 0 saturated carbocycles. The number of benzene rings is 1. The first kappa shape index (κ1) is 12.1. The second-order valence-corrected chi connectivity index (χ2v) is 5.28. The van der Waals surface area contributed by atoms with E-state index in [2.05, 4.69) is 29.0 Å². The fourth-order valence-electron chi connectivity index (χ4n) is 2.74. The van der Waals surface area contributed by atoms with Crippen LogP contribution in [0.4, 0.5) is 0 Å². The Kier molecular flexibility index (Phi) is 2.54. The van der Waals surface area contributed by atoms with Crippen molar-refractivity contribution >= 4 is 21.9 Å². The van der Waals surface area contributed by atoms with Crippen LogP contribution in [-0.2, 0) is 0 Å². The number of hydrogen-bond donors (Lipinski definition) is 0. The maximum absolute atomic E-state index is 6.08. The van der Waals surface area contributed by atoms with Crippen LogP contribution in [0.25, 0.3) is 33.2 Å². The van der Waals surface area contributed by atoms with Gasteiger partial charge in [0.05, 0.1) is 17.0 Å². The molecule has 3 heterocycles. The molecule has 0 N–H and O–H groups in total. The third-order valence-corrected chi connectivity index (χ3v) is 3.78. The summed E-state index contributed by atoms with van der Waals surface area (Å²) in [5, 5.41) is 2.13. The molecule has 0 aliphatic carbocycles. The molecule has 0 amide bonds. The fraction of sp³-hybridized carbons (Fsp3) is 0.111. The lowest BCUT2D eigenvalue weighted by molar-refractivity contribution is 0.669. The summed E-state index contributed by atoms with van der Waals surface area (Å²) in [5.74, 6) is 0. The minimum Gasteiger partial charge on any atom is -0.455 e. The lowest BCUT2D eigenvalue weighted by Gasteiger charge is -2.06. The minimum atomic E-state index is 0.863. The van der Waals surface area contributed by atoms with Crippen LogP contribution in [0.3, 0.4) is 0 Å². The second-order valence-electron chi connectivity index (χ2n) is 5.28. The smallest absolute Gasteiger partial charge is 0.148 e. The molecule has 4 rings (SSSR count). The van der Waals surface area contributed by atoms with Gasteiger partial charge in [0.25, 0.3) is 0 Å². The van der Waals surface area contributed by atoms with E-state index in [1.807, 2.05) is 43.6 Å². The van der Waals surface area contributed by atoms with E-state index in [-0.39, 0.29) is 0 Å². The van der Waals surface area contributed by atoms with Gasteiger partial charge in [-0.1, -0.05) is 18.2 Å². The number of aromatic nitrogens is 2. The van der Waals surface area contributed by atoms with E-state index in [4.69, 9.17) is 4.42 Å². The summed E-state index contributed by atoms with van der Waals surface area (Å²) in [5.41, 5.74) is 5.74. The van der Waals surface area contributed by atoms with E-state index in [1.165, 1.54) is 5.56 Å². The Morgan fingerprint density at radius 1 is 0.952 bits per heavy atom. The number of para-hydroxylation sites is 1. The van der Waals surface area contributed by atoms with Crippen molar-refractivity contribution in [2.75, 3.05) is 0 Å². The normalized spacial score (nSPS) is 11.3. The van der Waals surface area contributed by atoms with Crippen LogP contribution in [0.2, 0.25) is 0 Å². The van der Waals surface area contributed by atoms with Crippen molar-refractivity contribution in [3.8, 4) is 11.3 Å². The molecule has 1 aromatic carbocycles. The van der Waals surface area contributed by atoms with Crippen molar-refractivity contribution in [2.45, 2.75) is 13.8 Å². The summed E-state index contributed by atoms with van der Waals surface area (Å²) >= 11 is 0. The van der Waals surface area contributed by atoms with Gasteiger partial charge in [-0.15, -0.1) is 0 Å². The highest BCUT2D eigenvalue weighted by atomic mass is 16.3. The Bertz CT molecular complexity index is 969. The molecule has 0 fully saturated rings. The molecular formula is C18H14N2O. The van der Waals surface area contributed by atoms with Gasteiger partial charge in [0.1, 0.15) is 11.2 Å². The maximum Gasteiger partial charge on any atom is 0.148 e. The summed E-state index contributed by atoms with van der Waals surface area (Å²) in [6.45, 7) is 4.05. The van der Waals surface area contributed by atoms with Crippen LogP contribution in [0.15, 0.2) is 53.2 Å². The van der Waals surface area contributed by atoms with Crippen molar-refractivity contribution in [3.05, 3.63) is 60.0 Å². The van der Waals surface area contributed by atoms with Gasteiger partial charge in [0.2, 0.25) is 0 Å². The van der Waals surface area contributed by atoms with Crippen LogP contribution in [0, 0.1) is 13.8 Å². The zero-order chi connectivity index (χ0) is 14.4. The van der Waals surface area contributed by atoms with Crippen molar-refractivity contribution < 1.29 is 4.42 Å². The Labute approximate surface area is 122 Å². The number of pyridine rings is 2. The highest BCUT2D eigenvalue weighted by molar-refractivity contribution is 6.09. The summed E-state index contributed by atoms with van der Waals surface area (Å²) in [4.78, 5) is 9.03. The van der Waals surface area contributed by atoms with Crippen molar-refractivity contribution in [3.63, 3.8) is 0 Å². The SMILES string of the molecule is Cc1ccnc(-c2c(C)ncc3c2oc2ccccc23)c1. The zero-order valence-electron chi connectivity index (χ0n) is 11.9. The zero-order valence-corrected chi connectivity index (χ0v) is 11.9. The quantitative estimate of drug-likeness (QED) is 0.506. The van der Waals surface area contributed by atoms with E-state index in [0.717, 1.165) is 38.9 Å². The molecule has 0 aliphatic rings. The predicted octanol–water partition coefficient (Wildman–Crippen LogP) is 4.66. The summed E-state index contributed by atoms with van der Waals surface area (Å²) < 4.78 is 6.08. The molecule has 0 radical (unpaired) electrons. The third-order valence-electron chi connectivity index (χ3n) is 3.78. The van der Waals surface area contributed by atoms with Crippen molar-refractivity contribution in [1.82, 2.24) is 9.97 Å². The Balaban J connectivity index is 2.14. The Morgan fingerprint density at radius 2 is 1.81 bits per heavy atom. The van der Waals surface area contributed by atoms with Crippen molar-refractivity contribution in [1.29, 1.82) is 0 Å². The van der Waals surface area contributed by atoms with Crippen LogP contribution >= 0.6 is 0 Å². The molecule has 3 nitrogen and oxygen atoms in total. The highest BCUT2D eigenvalue weighted by Gasteiger charge is 2.16. The number of fused-ring (bicyclic) bond motifs is 3. The average Bonchev–Trinajstić information content (AvgIpc) is 2.85. The van der Waals surface area contributed by atoms with Crippen LogP contribution < -0.4 is 0 Å². The van der Waals surface area contributed by atoms with Gasteiger partial charge in [-0.3, -0.25) is 9.97 Å². The Hall–Kier alpha value is -2.68. The molecule has 102 valence electrons. The molecule has 0 unspecified atom stereocenters. The van der Waals surface area contributed by atoms with E-state index in [0.29, 0.717) is 0 Å². The number of nitrogens with zero attached hydrogens (tertiary/aromatic N) is 2. The van der Waals surface area contributed by atoms with E-state index in [9.17, 15) is 0 Å². The van der Waals surface area contributed by atoms with Gasteiger partial charge in [-0.25, -0.2) is 0 Å². The van der Waals surface area contributed by atoms with Crippen molar-refractivity contribution in [2.24, 2.45) is 0 Å². The molecule has 4 aromatic rings. The van der Waals surface area contributed by atoms with E-state index >= 15 is 0 Å². The summed E-state index contributed by atoms with van der Waals surface area (Å²) in [6, 6.07) is 12.1. The molecule has 0 bridgehead atoms. The minimum absolute atomic E-state index is 0.863. The molecule has 3 aromatic heterocycles. The lowest BCUT2D eigenvalue weighted by Crippen LogP contribution is -1.91. The summed E-state index contributed by atoms with van der Waals surface area (Å²) in [7, 11) is 0. The highest BCUT2D eigenvalue weighted by Crippen LogP contribution is 2.35. The van der Waals surface area contributed by atoms with Crippen LogP contribution in [-0.4, -0.2) is 9.97 Å². The number of hydrogen-bond acceptors (Lipinski definition) is 3. The van der Waals surface area contributed by atoms with Gasteiger partial charge >= 0.3 is 0 Å². The van der Waals surface area contributed by atoms with E-state index < -0.39 is 0 Å². The average molecular weight is 274 g/mol. The standard InChI is InChI=1S/C18H14N2O/c1-11-7-8-19-15(9-11)17-12(2)20-10-14-13-5-3-4-6-16(13)21-18(14)17/h3-10H,1-2H3. The second kappa shape index (κ2) is 4.42. The molecule has 0 saturated heterocycles.